The molecule has 0 aliphatic carbocycles. The Bertz CT molecular complexity index is 733. The van der Waals surface area contributed by atoms with Gasteiger partial charge in [0.25, 0.3) is 0 Å². The molecule has 1 aromatic heterocycles. The van der Waals surface area contributed by atoms with E-state index >= 15 is 0 Å². The molecule has 0 amide bonds. The van der Waals surface area contributed by atoms with Crippen molar-refractivity contribution in [2.24, 2.45) is 0 Å². The van der Waals surface area contributed by atoms with E-state index in [9.17, 15) is 9.59 Å². The summed E-state index contributed by atoms with van der Waals surface area (Å²) in [6.45, 7) is 0. The third-order valence-corrected chi connectivity index (χ3v) is 3.34. The normalized spacial score (nSPS) is 12.7. The highest BCUT2D eigenvalue weighted by atomic mass is 16.5. The van der Waals surface area contributed by atoms with Crippen LogP contribution in [-0.2, 0) is 17.6 Å². The van der Waals surface area contributed by atoms with E-state index in [2.05, 4.69) is 4.98 Å². The van der Waals surface area contributed by atoms with Crippen molar-refractivity contribution in [1.29, 1.82) is 0 Å². The first-order chi connectivity index (χ1) is 9.67. The van der Waals surface area contributed by atoms with Crippen LogP contribution >= 0.6 is 0 Å². The zero-order valence-corrected chi connectivity index (χ0v) is 10.9. The minimum absolute atomic E-state index is 0.145. The first kappa shape index (κ1) is 12.5. The maximum atomic E-state index is 11.6. The molecule has 3 rings (SSSR count). The fourth-order valence-corrected chi connectivity index (χ4v) is 2.28. The average Bonchev–Trinajstić information content (AvgIpc) is 2.64. The van der Waals surface area contributed by atoms with Gasteiger partial charge in [-0.05, 0) is 30.5 Å². The summed E-state index contributed by atoms with van der Waals surface area (Å²) in [5.74, 6) is 0.839. The summed E-state index contributed by atoms with van der Waals surface area (Å²) >= 11 is 0. The van der Waals surface area contributed by atoms with E-state index in [1.807, 2.05) is 6.07 Å². The van der Waals surface area contributed by atoms with Gasteiger partial charge in [-0.25, -0.2) is 4.79 Å². The van der Waals surface area contributed by atoms with Gasteiger partial charge in [0, 0.05) is 17.8 Å². The number of hydrogen-bond donors (Lipinski definition) is 1. The number of esters is 1. The highest BCUT2D eigenvalue weighted by Gasteiger charge is 2.17. The van der Waals surface area contributed by atoms with E-state index in [1.54, 1.807) is 24.4 Å². The predicted molar refractivity (Wildman–Crippen MR) is 72.3 cm³/mol. The van der Waals surface area contributed by atoms with Gasteiger partial charge in [0.2, 0.25) is 5.56 Å². The third-order valence-electron chi connectivity index (χ3n) is 3.34. The number of fused-ring (bicyclic) bond motifs is 2. The molecule has 102 valence electrons. The molecule has 0 saturated heterocycles. The molecular formula is C15H13NO4. The lowest BCUT2D eigenvalue weighted by molar-refractivity contribution is 0.0600. The van der Waals surface area contributed by atoms with Crippen molar-refractivity contribution in [3.8, 4) is 11.5 Å². The minimum atomic E-state index is -0.401. The molecule has 0 unspecified atom stereocenters. The zero-order valence-electron chi connectivity index (χ0n) is 10.9. The van der Waals surface area contributed by atoms with Gasteiger partial charge in [-0.1, -0.05) is 6.07 Å². The Kier molecular flexibility index (Phi) is 3.02. The number of benzene rings is 1. The van der Waals surface area contributed by atoms with Gasteiger partial charge in [-0.2, -0.15) is 0 Å². The van der Waals surface area contributed by atoms with Crippen LogP contribution in [0.4, 0.5) is 0 Å². The van der Waals surface area contributed by atoms with Crippen molar-refractivity contribution in [2.75, 3.05) is 7.11 Å². The lowest BCUT2D eigenvalue weighted by Crippen LogP contribution is -2.05. The number of nitrogens with one attached hydrogen (secondary N) is 1. The van der Waals surface area contributed by atoms with E-state index in [4.69, 9.17) is 9.47 Å². The number of ether oxygens (including phenoxy) is 2. The van der Waals surface area contributed by atoms with Crippen LogP contribution in [0, 0.1) is 0 Å². The maximum absolute atomic E-state index is 11.6. The van der Waals surface area contributed by atoms with Crippen LogP contribution < -0.4 is 10.3 Å². The van der Waals surface area contributed by atoms with Gasteiger partial charge in [-0.15, -0.1) is 0 Å². The Hall–Kier alpha value is -2.56. The summed E-state index contributed by atoms with van der Waals surface area (Å²) in [6.07, 6.45) is 3.04. The molecule has 0 spiro atoms. The highest BCUT2D eigenvalue weighted by molar-refractivity contribution is 5.90. The molecule has 20 heavy (non-hydrogen) atoms. The van der Waals surface area contributed by atoms with Crippen molar-refractivity contribution in [3.05, 3.63) is 57.5 Å². The van der Waals surface area contributed by atoms with Gasteiger partial charge in [0.15, 0.2) is 0 Å². The Labute approximate surface area is 115 Å². The van der Waals surface area contributed by atoms with Crippen molar-refractivity contribution in [3.63, 3.8) is 0 Å². The molecule has 2 heterocycles. The topological polar surface area (TPSA) is 68.4 Å². The number of hydrogen-bond acceptors (Lipinski definition) is 4. The SMILES string of the molecule is COC(=O)c1ccc2c(c1)Oc1c[nH]c(=O)cc1CC2. The lowest BCUT2D eigenvalue weighted by atomic mass is 10.0. The number of methoxy groups -OCH3 is 1. The van der Waals surface area contributed by atoms with Gasteiger partial charge in [0.05, 0.1) is 12.7 Å². The maximum Gasteiger partial charge on any atom is 0.337 e. The average molecular weight is 271 g/mol. The third kappa shape index (κ3) is 2.18. The standard InChI is InChI=1S/C15H13NO4/c1-19-15(18)11-5-3-9-2-4-10-7-14(17)16-8-13(10)20-12(9)6-11/h3,5-8H,2,4H2,1H3,(H,16,17). The molecule has 1 aliphatic rings. The predicted octanol–water partition coefficient (Wildman–Crippen LogP) is 2.05. The summed E-state index contributed by atoms with van der Waals surface area (Å²) in [6, 6.07) is 6.79. The molecule has 0 fully saturated rings. The Morgan fingerprint density at radius 2 is 2.00 bits per heavy atom. The van der Waals surface area contributed by atoms with Crippen LogP contribution in [0.1, 0.15) is 21.5 Å². The van der Waals surface area contributed by atoms with E-state index in [0.29, 0.717) is 17.1 Å². The number of aromatic nitrogens is 1. The second kappa shape index (κ2) is 4.85. The number of aromatic amines is 1. The van der Waals surface area contributed by atoms with Crippen molar-refractivity contribution < 1.29 is 14.3 Å². The van der Waals surface area contributed by atoms with Crippen molar-refractivity contribution in [2.45, 2.75) is 12.8 Å². The molecule has 0 atom stereocenters. The molecular weight excluding hydrogens is 258 g/mol. The van der Waals surface area contributed by atoms with Crippen LogP contribution in [-0.4, -0.2) is 18.1 Å². The van der Waals surface area contributed by atoms with Gasteiger partial charge in [0.1, 0.15) is 11.5 Å². The molecule has 5 nitrogen and oxygen atoms in total. The molecule has 1 aromatic carbocycles. The number of aryl methyl sites for hydroxylation is 2. The molecule has 0 radical (unpaired) electrons. The number of pyridine rings is 1. The summed E-state index contributed by atoms with van der Waals surface area (Å²) in [7, 11) is 1.34. The van der Waals surface area contributed by atoms with Crippen LogP contribution in [0.15, 0.2) is 35.3 Å². The Morgan fingerprint density at radius 3 is 2.80 bits per heavy atom. The van der Waals surface area contributed by atoms with Gasteiger partial charge < -0.3 is 14.5 Å². The fraction of sp³-hybridized carbons (Fsp3) is 0.200. The first-order valence-electron chi connectivity index (χ1n) is 6.28. The van der Waals surface area contributed by atoms with E-state index in [0.717, 1.165) is 24.0 Å². The van der Waals surface area contributed by atoms with Gasteiger partial charge in [-0.3, -0.25) is 4.79 Å². The van der Waals surface area contributed by atoms with E-state index in [-0.39, 0.29) is 5.56 Å². The number of rotatable bonds is 1. The molecule has 0 saturated carbocycles. The number of H-pyrrole nitrogens is 1. The lowest BCUT2D eigenvalue weighted by Gasteiger charge is -2.09. The van der Waals surface area contributed by atoms with E-state index < -0.39 is 5.97 Å². The summed E-state index contributed by atoms with van der Waals surface area (Å²) < 4.78 is 10.5. The summed E-state index contributed by atoms with van der Waals surface area (Å²) in [5, 5.41) is 0. The van der Waals surface area contributed by atoms with Crippen LogP contribution in [0.25, 0.3) is 0 Å². The minimum Gasteiger partial charge on any atom is -0.465 e. The Balaban J connectivity index is 2.04. The second-order valence-electron chi connectivity index (χ2n) is 4.60. The van der Waals surface area contributed by atoms with E-state index in [1.165, 1.54) is 7.11 Å². The smallest absolute Gasteiger partial charge is 0.337 e. The van der Waals surface area contributed by atoms with Crippen LogP contribution in [0.3, 0.4) is 0 Å². The molecule has 1 N–H and O–H groups in total. The summed E-state index contributed by atoms with van der Waals surface area (Å²) in [5.41, 5.74) is 2.17. The molecule has 5 heteroatoms. The van der Waals surface area contributed by atoms with Crippen LogP contribution in [0.2, 0.25) is 0 Å². The largest absolute Gasteiger partial charge is 0.465 e. The van der Waals surface area contributed by atoms with Gasteiger partial charge >= 0.3 is 5.97 Å². The fourth-order valence-electron chi connectivity index (χ4n) is 2.28. The molecule has 0 bridgehead atoms. The Morgan fingerprint density at radius 1 is 1.20 bits per heavy atom. The number of carbonyl (C=O) groups excluding carboxylic acids is 1. The first-order valence-corrected chi connectivity index (χ1v) is 6.28. The molecule has 1 aliphatic heterocycles. The summed E-state index contributed by atoms with van der Waals surface area (Å²) in [4.78, 5) is 25.5. The number of carbonyl (C=O) groups is 1. The van der Waals surface area contributed by atoms with Crippen molar-refractivity contribution in [1.82, 2.24) is 4.98 Å². The quantitative estimate of drug-likeness (QED) is 0.806. The van der Waals surface area contributed by atoms with Crippen molar-refractivity contribution >= 4 is 5.97 Å². The molecule has 2 aromatic rings. The monoisotopic (exact) mass is 271 g/mol. The second-order valence-corrected chi connectivity index (χ2v) is 4.60. The van der Waals surface area contributed by atoms with Crippen LogP contribution in [0.5, 0.6) is 11.5 Å². The highest BCUT2D eigenvalue weighted by Crippen LogP contribution is 2.33. The zero-order chi connectivity index (χ0) is 14.1.